The van der Waals surface area contributed by atoms with Gasteiger partial charge in [-0.3, -0.25) is 9.36 Å². The first-order valence-corrected chi connectivity index (χ1v) is 10.3. The Morgan fingerprint density at radius 1 is 1.38 bits per heavy atom. The molecule has 3 aromatic rings. The van der Waals surface area contributed by atoms with Crippen molar-refractivity contribution >= 4 is 34.2 Å². The molecule has 0 aliphatic carbocycles. The number of carbonyl (C=O) groups is 1. The minimum absolute atomic E-state index is 0.0733. The molecule has 29 heavy (non-hydrogen) atoms. The fourth-order valence-electron chi connectivity index (χ4n) is 4.12. The first-order chi connectivity index (χ1) is 14.0. The molecular formula is C19H18FN5O3S. The van der Waals surface area contributed by atoms with Gasteiger partial charge in [-0.05, 0) is 25.5 Å². The van der Waals surface area contributed by atoms with Crippen LogP contribution in [0, 0.1) is 11.7 Å². The number of carboxylic acid groups (broad SMARTS) is 1. The quantitative estimate of drug-likeness (QED) is 0.671. The van der Waals surface area contributed by atoms with E-state index in [9.17, 15) is 19.1 Å². The Morgan fingerprint density at radius 3 is 2.86 bits per heavy atom. The number of hydrogen-bond acceptors (Lipinski definition) is 7. The second kappa shape index (κ2) is 6.89. The van der Waals surface area contributed by atoms with Crippen LogP contribution in [0.2, 0.25) is 0 Å². The molecule has 2 saturated heterocycles. The van der Waals surface area contributed by atoms with Gasteiger partial charge in [0.15, 0.2) is 22.4 Å². The van der Waals surface area contributed by atoms with Crippen LogP contribution in [-0.2, 0) is 0 Å². The van der Waals surface area contributed by atoms with Gasteiger partial charge in [0, 0.05) is 42.8 Å². The molecule has 2 N–H and O–H groups in total. The minimum Gasteiger partial charge on any atom is -0.477 e. The molecule has 0 amide bonds. The van der Waals surface area contributed by atoms with Crippen molar-refractivity contribution in [3.05, 3.63) is 45.4 Å². The third kappa shape index (κ3) is 2.99. The zero-order valence-electron chi connectivity index (χ0n) is 15.3. The first kappa shape index (κ1) is 18.2. The molecule has 5 rings (SSSR count). The van der Waals surface area contributed by atoms with Crippen LogP contribution in [0.15, 0.2) is 28.6 Å². The summed E-state index contributed by atoms with van der Waals surface area (Å²) in [6.07, 6.45) is 5.08. The Morgan fingerprint density at radius 2 is 2.21 bits per heavy atom. The average molecular weight is 415 g/mol. The number of carboxylic acids is 1. The van der Waals surface area contributed by atoms with E-state index in [1.54, 1.807) is 11.6 Å². The zero-order chi connectivity index (χ0) is 20.1. The molecule has 1 unspecified atom stereocenters. The van der Waals surface area contributed by atoms with Crippen LogP contribution in [0.25, 0.3) is 16.2 Å². The summed E-state index contributed by atoms with van der Waals surface area (Å²) in [5.74, 6) is -1.37. The lowest BCUT2D eigenvalue weighted by molar-refractivity contribution is 0.0695. The van der Waals surface area contributed by atoms with Crippen molar-refractivity contribution in [2.24, 2.45) is 5.92 Å². The van der Waals surface area contributed by atoms with Crippen molar-refractivity contribution < 1.29 is 14.3 Å². The van der Waals surface area contributed by atoms with Gasteiger partial charge >= 0.3 is 5.97 Å². The van der Waals surface area contributed by atoms with Gasteiger partial charge in [-0.25, -0.2) is 19.2 Å². The van der Waals surface area contributed by atoms with Crippen LogP contribution < -0.4 is 15.6 Å². The lowest BCUT2D eigenvalue weighted by Crippen LogP contribution is -2.55. The zero-order valence-corrected chi connectivity index (χ0v) is 16.2. The van der Waals surface area contributed by atoms with Gasteiger partial charge in [0.1, 0.15) is 5.56 Å². The lowest BCUT2D eigenvalue weighted by atomic mass is 9.90. The Labute approximate surface area is 168 Å². The molecule has 5 heterocycles. The van der Waals surface area contributed by atoms with Crippen molar-refractivity contribution in [2.75, 3.05) is 24.5 Å². The van der Waals surface area contributed by atoms with Crippen LogP contribution >= 0.6 is 11.3 Å². The van der Waals surface area contributed by atoms with Crippen LogP contribution in [0.4, 0.5) is 10.2 Å². The van der Waals surface area contributed by atoms with Gasteiger partial charge in [0.2, 0.25) is 5.43 Å². The van der Waals surface area contributed by atoms with E-state index in [2.05, 4.69) is 15.3 Å². The highest BCUT2D eigenvalue weighted by atomic mass is 32.1. The van der Waals surface area contributed by atoms with E-state index >= 15 is 0 Å². The SMILES string of the molecule is O=C(O)c1cn(-c2nccs2)c2nc(N3CC(C4CCCN4)C3)c(F)cc2c1=O. The highest BCUT2D eigenvalue weighted by Gasteiger charge is 2.36. The molecule has 150 valence electrons. The van der Waals surface area contributed by atoms with Crippen molar-refractivity contribution in [1.29, 1.82) is 0 Å². The van der Waals surface area contributed by atoms with E-state index in [0.717, 1.165) is 25.5 Å². The highest BCUT2D eigenvalue weighted by Crippen LogP contribution is 2.31. The van der Waals surface area contributed by atoms with E-state index in [1.165, 1.54) is 22.1 Å². The summed E-state index contributed by atoms with van der Waals surface area (Å²) in [4.78, 5) is 34.6. The molecular weight excluding hydrogens is 397 g/mol. The van der Waals surface area contributed by atoms with Crippen LogP contribution in [0.3, 0.4) is 0 Å². The maximum Gasteiger partial charge on any atom is 0.341 e. The molecule has 0 aromatic carbocycles. The van der Waals surface area contributed by atoms with Gasteiger partial charge in [0.05, 0.1) is 5.39 Å². The second-order valence-corrected chi connectivity index (χ2v) is 8.27. The standard InChI is InChI=1S/C19H18FN5O3S/c20-13-6-11-15(26)12(18(27)28)9-25(19-22-4-5-29-19)16(11)23-17(13)24-7-10(8-24)14-2-1-3-21-14/h4-6,9-10,14,21H,1-3,7-8H2,(H,27,28). The van der Waals surface area contributed by atoms with Crippen LogP contribution in [-0.4, -0.2) is 51.3 Å². The van der Waals surface area contributed by atoms with Crippen molar-refractivity contribution in [1.82, 2.24) is 19.9 Å². The molecule has 2 aliphatic heterocycles. The Bertz CT molecular complexity index is 1150. The van der Waals surface area contributed by atoms with Gasteiger partial charge in [-0.2, -0.15) is 0 Å². The summed E-state index contributed by atoms with van der Waals surface area (Å²) in [5.41, 5.74) is -0.998. The van der Waals surface area contributed by atoms with E-state index in [0.29, 0.717) is 30.2 Å². The smallest absolute Gasteiger partial charge is 0.341 e. The number of nitrogens with one attached hydrogen (secondary N) is 1. The largest absolute Gasteiger partial charge is 0.477 e. The van der Waals surface area contributed by atoms with Crippen molar-refractivity contribution in [2.45, 2.75) is 18.9 Å². The normalized spacial score (nSPS) is 19.6. The molecule has 3 aromatic heterocycles. The topological polar surface area (TPSA) is 100 Å². The molecule has 0 bridgehead atoms. The monoisotopic (exact) mass is 415 g/mol. The minimum atomic E-state index is -1.37. The number of halogens is 1. The number of rotatable bonds is 4. The number of pyridine rings is 2. The average Bonchev–Trinajstić information content (AvgIpc) is 3.35. The summed E-state index contributed by atoms with van der Waals surface area (Å²) >= 11 is 1.27. The number of aromatic carboxylic acids is 1. The third-order valence-electron chi connectivity index (χ3n) is 5.65. The molecule has 0 radical (unpaired) electrons. The van der Waals surface area contributed by atoms with E-state index in [1.807, 2.05) is 4.90 Å². The predicted molar refractivity (Wildman–Crippen MR) is 107 cm³/mol. The molecule has 10 heteroatoms. The van der Waals surface area contributed by atoms with Gasteiger partial charge in [0.25, 0.3) is 0 Å². The highest BCUT2D eigenvalue weighted by molar-refractivity contribution is 7.12. The number of anilines is 1. The number of fused-ring (bicyclic) bond motifs is 1. The van der Waals surface area contributed by atoms with Gasteiger partial charge in [-0.1, -0.05) is 0 Å². The van der Waals surface area contributed by atoms with Crippen molar-refractivity contribution in [3.63, 3.8) is 0 Å². The Hall–Kier alpha value is -2.85. The number of hydrogen-bond donors (Lipinski definition) is 2. The molecule has 0 saturated carbocycles. The summed E-state index contributed by atoms with van der Waals surface area (Å²) in [6.45, 7) is 2.42. The van der Waals surface area contributed by atoms with E-state index < -0.39 is 22.8 Å². The van der Waals surface area contributed by atoms with Crippen LogP contribution in [0.1, 0.15) is 23.2 Å². The molecule has 2 aliphatic rings. The summed E-state index contributed by atoms with van der Waals surface area (Å²) in [7, 11) is 0. The predicted octanol–water partition coefficient (Wildman–Crippen LogP) is 1.87. The maximum atomic E-state index is 14.9. The molecule has 2 fully saturated rings. The Balaban J connectivity index is 1.60. The second-order valence-electron chi connectivity index (χ2n) is 7.39. The van der Waals surface area contributed by atoms with E-state index in [4.69, 9.17) is 0 Å². The number of aromatic nitrogens is 3. The number of nitrogens with zero attached hydrogens (tertiary/aromatic N) is 4. The summed E-state index contributed by atoms with van der Waals surface area (Å²) in [5, 5.41) is 15.0. The van der Waals surface area contributed by atoms with E-state index in [-0.39, 0.29) is 16.9 Å². The van der Waals surface area contributed by atoms with Crippen LogP contribution in [0.5, 0.6) is 0 Å². The molecule has 8 nitrogen and oxygen atoms in total. The van der Waals surface area contributed by atoms with Gasteiger partial charge < -0.3 is 15.3 Å². The lowest BCUT2D eigenvalue weighted by Gasteiger charge is -2.43. The molecule has 0 spiro atoms. The Kier molecular flexibility index (Phi) is 4.32. The third-order valence-corrected chi connectivity index (χ3v) is 6.42. The summed E-state index contributed by atoms with van der Waals surface area (Å²) in [6, 6.07) is 1.55. The summed E-state index contributed by atoms with van der Waals surface area (Å²) < 4.78 is 16.3. The number of thiazole rings is 1. The fraction of sp³-hybridized carbons (Fsp3) is 0.368. The fourth-order valence-corrected chi connectivity index (χ4v) is 4.74. The van der Waals surface area contributed by atoms with Crippen molar-refractivity contribution in [3.8, 4) is 5.13 Å². The first-order valence-electron chi connectivity index (χ1n) is 9.40. The van der Waals surface area contributed by atoms with Gasteiger partial charge in [-0.15, -0.1) is 11.3 Å². The molecule has 1 atom stereocenters. The maximum absolute atomic E-state index is 14.9.